The summed E-state index contributed by atoms with van der Waals surface area (Å²) < 4.78 is 7.02. The SMILES string of the molecule is CC1=C2C[C@H]3[C@@H](CCC4C[C@@H](O)CC[C@@]43C)[C@@H]2CC[C@@]2(C1)O[C@@H]1C[C@H](C)CN[C@H]1[C@H]2C. The van der Waals surface area contributed by atoms with Gasteiger partial charge in [-0.2, -0.15) is 0 Å². The van der Waals surface area contributed by atoms with Crippen molar-refractivity contribution in [3.8, 4) is 0 Å². The molecule has 0 bridgehead atoms. The molecule has 3 nitrogen and oxygen atoms in total. The van der Waals surface area contributed by atoms with Crippen LogP contribution in [0.4, 0.5) is 0 Å². The molecule has 31 heavy (non-hydrogen) atoms. The van der Waals surface area contributed by atoms with Gasteiger partial charge in [0.05, 0.1) is 17.8 Å². The van der Waals surface area contributed by atoms with Crippen LogP contribution in [0.5, 0.6) is 0 Å². The van der Waals surface area contributed by atoms with Crippen LogP contribution < -0.4 is 5.32 Å². The number of fused-ring (bicyclic) bond motifs is 6. The van der Waals surface area contributed by atoms with Crippen LogP contribution in [-0.4, -0.2) is 35.5 Å². The third-order valence-corrected chi connectivity index (χ3v) is 11.6. The lowest BCUT2D eigenvalue weighted by Gasteiger charge is -2.53. The van der Waals surface area contributed by atoms with Crippen molar-refractivity contribution in [1.82, 2.24) is 5.32 Å². The molecule has 0 radical (unpaired) electrons. The number of hydrogen-bond donors (Lipinski definition) is 2. The number of ether oxygens (including phenoxy) is 1. The van der Waals surface area contributed by atoms with Crippen molar-refractivity contribution in [3.63, 3.8) is 0 Å². The summed E-state index contributed by atoms with van der Waals surface area (Å²) >= 11 is 0. The van der Waals surface area contributed by atoms with E-state index in [1.807, 2.05) is 5.57 Å². The summed E-state index contributed by atoms with van der Waals surface area (Å²) in [5.74, 6) is 4.64. The fourth-order valence-corrected chi connectivity index (χ4v) is 9.80. The maximum absolute atomic E-state index is 10.3. The number of piperidine rings is 1. The lowest BCUT2D eigenvalue weighted by Crippen LogP contribution is -2.48. The largest absolute Gasteiger partial charge is 0.393 e. The van der Waals surface area contributed by atoms with E-state index >= 15 is 0 Å². The van der Waals surface area contributed by atoms with E-state index in [1.54, 1.807) is 5.57 Å². The quantitative estimate of drug-likeness (QED) is 0.504. The first-order valence-corrected chi connectivity index (χ1v) is 13.6. The fraction of sp³-hybridized carbons (Fsp3) is 0.929. The number of rotatable bonds is 0. The number of aliphatic hydroxyl groups is 1. The monoisotopic (exact) mass is 427 g/mol. The van der Waals surface area contributed by atoms with Crippen LogP contribution in [-0.2, 0) is 4.74 Å². The summed E-state index contributed by atoms with van der Waals surface area (Å²) in [7, 11) is 0. The van der Waals surface area contributed by atoms with Gasteiger partial charge in [0.1, 0.15) is 0 Å². The lowest BCUT2D eigenvalue weighted by atomic mass is 9.52. The first-order chi connectivity index (χ1) is 14.8. The summed E-state index contributed by atoms with van der Waals surface area (Å²) in [5.41, 5.74) is 4.06. The van der Waals surface area contributed by atoms with Gasteiger partial charge in [-0.3, -0.25) is 0 Å². The second-order valence-corrected chi connectivity index (χ2v) is 13.1. The van der Waals surface area contributed by atoms with Gasteiger partial charge in [0.2, 0.25) is 0 Å². The highest BCUT2D eigenvalue weighted by Crippen LogP contribution is 2.65. The van der Waals surface area contributed by atoms with Gasteiger partial charge >= 0.3 is 0 Å². The van der Waals surface area contributed by atoms with Gasteiger partial charge in [0, 0.05) is 12.0 Å². The van der Waals surface area contributed by atoms with Crippen LogP contribution in [0.2, 0.25) is 0 Å². The number of nitrogens with one attached hydrogen (secondary N) is 1. The molecule has 4 aliphatic carbocycles. The Morgan fingerprint density at radius 1 is 1.06 bits per heavy atom. The zero-order valence-electron chi connectivity index (χ0n) is 20.3. The predicted molar refractivity (Wildman–Crippen MR) is 125 cm³/mol. The van der Waals surface area contributed by atoms with Gasteiger partial charge in [-0.15, -0.1) is 0 Å². The molecule has 2 aliphatic heterocycles. The number of hydrogen-bond acceptors (Lipinski definition) is 3. The van der Waals surface area contributed by atoms with Crippen LogP contribution in [0.3, 0.4) is 0 Å². The Labute approximate surface area is 189 Å². The Kier molecular flexibility index (Phi) is 4.99. The molecular formula is C28H45NO2. The maximum atomic E-state index is 10.3. The van der Waals surface area contributed by atoms with E-state index in [0.29, 0.717) is 23.5 Å². The first kappa shape index (κ1) is 21.2. The van der Waals surface area contributed by atoms with E-state index < -0.39 is 0 Å². The Morgan fingerprint density at radius 3 is 2.74 bits per heavy atom. The Morgan fingerprint density at radius 2 is 1.90 bits per heavy atom. The predicted octanol–water partition coefficient (Wildman–Crippen LogP) is 5.47. The average molecular weight is 428 g/mol. The zero-order chi connectivity index (χ0) is 21.5. The van der Waals surface area contributed by atoms with Gasteiger partial charge < -0.3 is 15.2 Å². The van der Waals surface area contributed by atoms with Crippen LogP contribution in [0, 0.1) is 40.9 Å². The smallest absolute Gasteiger partial charge is 0.0765 e. The molecule has 6 aliphatic rings. The third kappa shape index (κ3) is 3.08. The fourth-order valence-electron chi connectivity index (χ4n) is 9.80. The van der Waals surface area contributed by atoms with Crippen molar-refractivity contribution >= 4 is 0 Å². The van der Waals surface area contributed by atoms with Crippen LogP contribution >= 0.6 is 0 Å². The number of allylic oxidation sites excluding steroid dienone is 1. The second kappa shape index (κ2) is 7.31. The zero-order valence-corrected chi connectivity index (χ0v) is 20.3. The normalized spacial score (nSPS) is 56.6. The molecule has 2 saturated heterocycles. The Hall–Kier alpha value is -0.380. The lowest BCUT2D eigenvalue weighted by molar-refractivity contribution is -0.0795. The molecule has 3 saturated carbocycles. The molecular weight excluding hydrogens is 382 g/mol. The van der Waals surface area contributed by atoms with Gasteiger partial charge in [0.25, 0.3) is 0 Å². The summed E-state index contributed by atoms with van der Waals surface area (Å²) in [6.45, 7) is 11.1. The van der Waals surface area contributed by atoms with Crippen molar-refractivity contribution in [2.45, 2.75) is 116 Å². The van der Waals surface area contributed by atoms with Crippen molar-refractivity contribution < 1.29 is 9.84 Å². The highest BCUT2D eigenvalue weighted by molar-refractivity contribution is 5.29. The highest BCUT2D eigenvalue weighted by Gasteiger charge is 2.59. The minimum atomic E-state index is -0.0387. The van der Waals surface area contributed by atoms with E-state index in [-0.39, 0.29) is 11.7 Å². The Bertz CT molecular complexity index is 762. The summed E-state index contributed by atoms with van der Waals surface area (Å²) in [6.07, 6.45) is 12.8. The average Bonchev–Trinajstić information content (AvgIpc) is 3.19. The standard InChI is InChI=1S/C28H45NO2/c1-16-11-25-26(29-15-16)18(3)28(31-25)10-8-21-22-6-5-19-12-20(30)7-9-27(19,4)24(22)13-23(21)17(2)14-28/h16,18-22,24-26,29-30H,5-15H2,1-4H3/t16-,18+,19?,20-,21-,22-,24-,25+,26-,27-,28-/m0/s1. The van der Waals surface area contributed by atoms with Crippen LogP contribution in [0.15, 0.2) is 11.1 Å². The van der Waals surface area contributed by atoms with E-state index in [2.05, 4.69) is 33.0 Å². The number of aliphatic hydroxyl groups excluding tert-OH is 1. The van der Waals surface area contributed by atoms with Gasteiger partial charge in [-0.05, 0) is 113 Å². The molecule has 0 amide bonds. The molecule has 6 rings (SSSR count). The van der Waals surface area contributed by atoms with Crippen molar-refractivity contribution in [2.75, 3.05) is 6.54 Å². The summed E-state index contributed by atoms with van der Waals surface area (Å²) in [5, 5.41) is 14.2. The maximum Gasteiger partial charge on any atom is 0.0765 e. The van der Waals surface area contributed by atoms with Crippen molar-refractivity contribution in [1.29, 1.82) is 0 Å². The summed E-state index contributed by atoms with van der Waals surface area (Å²) in [6, 6.07) is 0.558. The van der Waals surface area contributed by atoms with Gasteiger partial charge in [-0.1, -0.05) is 31.9 Å². The second-order valence-electron chi connectivity index (χ2n) is 13.1. The third-order valence-electron chi connectivity index (χ3n) is 11.6. The van der Waals surface area contributed by atoms with Crippen molar-refractivity contribution in [3.05, 3.63) is 11.1 Å². The minimum absolute atomic E-state index is 0.0387. The van der Waals surface area contributed by atoms with Crippen LogP contribution in [0.1, 0.15) is 91.9 Å². The van der Waals surface area contributed by atoms with E-state index in [0.717, 1.165) is 49.0 Å². The topological polar surface area (TPSA) is 41.5 Å². The molecule has 1 unspecified atom stereocenters. The molecule has 2 heterocycles. The Balaban J connectivity index is 1.27. The molecule has 0 aromatic rings. The summed E-state index contributed by atoms with van der Waals surface area (Å²) in [4.78, 5) is 0. The highest BCUT2D eigenvalue weighted by atomic mass is 16.5. The van der Waals surface area contributed by atoms with E-state index in [9.17, 15) is 5.11 Å². The first-order valence-electron chi connectivity index (χ1n) is 13.6. The molecule has 11 atom stereocenters. The minimum Gasteiger partial charge on any atom is -0.393 e. The molecule has 0 aromatic carbocycles. The van der Waals surface area contributed by atoms with Gasteiger partial charge in [-0.25, -0.2) is 0 Å². The molecule has 174 valence electrons. The van der Waals surface area contributed by atoms with E-state index in [1.165, 1.54) is 51.4 Å². The van der Waals surface area contributed by atoms with Crippen LogP contribution in [0.25, 0.3) is 0 Å². The molecule has 2 N–H and O–H groups in total. The molecule has 1 spiro atoms. The molecule has 0 aromatic heterocycles. The van der Waals surface area contributed by atoms with E-state index in [4.69, 9.17) is 4.74 Å². The molecule has 3 heteroatoms. The van der Waals surface area contributed by atoms with Crippen molar-refractivity contribution in [2.24, 2.45) is 40.9 Å². The molecule has 5 fully saturated rings. The van der Waals surface area contributed by atoms with Gasteiger partial charge in [0.15, 0.2) is 0 Å².